The van der Waals surface area contributed by atoms with Gasteiger partial charge in [-0.1, -0.05) is 20.3 Å². The van der Waals surface area contributed by atoms with E-state index in [9.17, 15) is 20.0 Å². The van der Waals surface area contributed by atoms with E-state index in [1.165, 1.54) is 12.4 Å². The van der Waals surface area contributed by atoms with E-state index in [0.29, 0.717) is 22.5 Å². The van der Waals surface area contributed by atoms with E-state index in [4.69, 9.17) is 0 Å². The number of carboxylic acids is 1. The highest BCUT2D eigenvalue weighted by Gasteiger charge is 2.25. The molecular formula is C12H14N4O4S. The summed E-state index contributed by atoms with van der Waals surface area (Å²) in [6.45, 7) is 3.72. The van der Waals surface area contributed by atoms with E-state index in [0.717, 1.165) is 11.3 Å². The first-order chi connectivity index (χ1) is 9.93. The summed E-state index contributed by atoms with van der Waals surface area (Å²) in [4.78, 5) is 30.1. The molecule has 0 aliphatic rings. The molecule has 0 unspecified atom stereocenters. The second kappa shape index (κ2) is 6.00. The van der Waals surface area contributed by atoms with Crippen molar-refractivity contribution in [1.29, 1.82) is 0 Å². The van der Waals surface area contributed by atoms with Gasteiger partial charge < -0.3 is 10.4 Å². The van der Waals surface area contributed by atoms with Gasteiger partial charge in [0.2, 0.25) is 0 Å². The van der Waals surface area contributed by atoms with E-state index in [1.807, 2.05) is 13.8 Å². The van der Waals surface area contributed by atoms with Gasteiger partial charge in [0, 0.05) is 6.07 Å². The molecule has 2 aromatic heterocycles. The van der Waals surface area contributed by atoms with Gasteiger partial charge in [0.05, 0.1) is 10.3 Å². The number of thiophene rings is 1. The van der Waals surface area contributed by atoms with Gasteiger partial charge in [-0.05, 0) is 17.3 Å². The van der Waals surface area contributed by atoms with Crippen LogP contribution in [0.25, 0.3) is 10.2 Å². The predicted octanol–water partition coefficient (Wildman–Crippen LogP) is 2.51. The van der Waals surface area contributed by atoms with Crippen LogP contribution in [0.3, 0.4) is 0 Å². The first kappa shape index (κ1) is 15.1. The summed E-state index contributed by atoms with van der Waals surface area (Å²) in [7, 11) is 0. The summed E-state index contributed by atoms with van der Waals surface area (Å²) in [6.07, 6.45) is 1.95. The first-order valence-electron chi connectivity index (χ1n) is 6.32. The lowest BCUT2D eigenvalue weighted by Crippen LogP contribution is -2.35. The van der Waals surface area contributed by atoms with Crippen LogP contribution in [0, 0.1) is 16.0 Å². The summed E-state index contributed by atoms with van der Waals surface area (Å²) < 4.78 is 0. The Labute approximate surface area is 124 Å². The fourth-order valence-corrected chi connectivity index (χ4v) is 2.69. The molecule has 112 valence electrons. The number of fused-ring (bicyclic) bond motifs is 1. The minimum Gasteiger partial charge on any atom is -0.480 e. The van der Waals surface area contributed by atoms with Gasteiger partial charge in [0.15, 0.2) is 0 Å². The maximum Gasteiger partial charge on any atom is 0.326 e. The maximum absolute atomic E-state index is 11.3. The van der Waals surface area contributed by atoms with Crippen LogP contribution in [-0.4, -0.2) is 32.0 Å². The highest BCUT2D eigenvalue weighted by atomic mass is 32.1. The molecule has 0 spiro atoms. The number of hydrogen-bond acceptors (Lipinski definition) is 7. The smallest absolute Gasteiger partial charge is 0.326 e. The van der Waals surface area contributed by atoms with Crippen LogP contribution in [0.15, 0.2) is 12.4 Å². The number of hydrogen-bond donors (Lipinski definition) is 2. The van der Waals surface area contributed by atoms with Gasteiger partial charge in [0.25, 0.3) is 0 Å². The lowest BCUT2D eigenvalue weighted by atomic mass is 9.99. The summed E-state index contributed by atoms with van der Waals surface area (Å²) in [5.41, 5.74) is 0. The Kier molecular flexibility index (Phi) is 4.32. The van der Waals surface area contributed by atoms with Crippen molar-refractivity contribution < 1.29 is 14.8 Å². The largest absolute Gasteiger partial charge is 0.480 e. The Morgan fingerprint density at radius 2 is 2.29 bits per heavy atom. The highest BCUT2D eigenvalue weighted by Crippen LogP contribution is 2.33. The van der Waals surface area contributed by atoms with Gasteiger partial charge in [-0.15, -0.1) is 0 Å². The Morgan fingerprint density at radius 1 is 1.57 bits per heavy atom. The van der Waals surface area contributed by atoms with E-state index < -0.39 is 16.9 Å². The molecular weight excluding hydrogens is 296 g/mol. The number of aliphatic carboxylic acids is 1. The van der Waals surface area contributed by atoms with Gasteiger partial charge in [-0.25, -0.2) is 14.8 Å². The molecule has 0 radical (unpaired) electrons. The lowest BCUT2D eigenvalue weighted by molar-refractivity contribution is -0.380. The van der Waals surface area contributed by atoms with E-state index >= 15 is 0 Å². The van der Waals surface area contributed by atoms with Crippen LogP contribution in [0.2, 0.25) is 0 Å². The second-order valence-corrected chi connectivity index (χ2v) is 5.64. The van der Waals surface area contributed by atoms with Crippen molar-refractivity contribution in [3.8, 4) is 0 Å². The maximum atomic E-state index is 11.3. The summed E-state index contributed by atoms with van der Waals surface area (Å²) in [5, 5.41) is 23.4. The number of anilines is 1. The standard InChI is InChI=1S/C12H14N4O4S/c1-3-6(2)9(12(17)18)15-10-7-4-8(16(19)20)21-11(7)14-5-13-10/h4-6,9H,3H2,1-2H3,(H,17,18)(H,13,14,15)/t6-,9-/m0/s1. The number of nitrogens with one attached hydrogen (secondary N) is 1. The molecule has 2 rings (SSSR count). The number of nitro groups is 1. The Hall–Kier alpha value is -2.29. The summed E-state index contributed by atoms with van der Waals surface area (Å²) >= 11 is 0.932. The third-order valence-electron chi connectivity index (χ3n) is 3.27. The lowest BCUT2D eigenvalue weighted by Gasteiger charge is -2.20. The van der Waals surface area contributed by atoms with Crippen molar-refractivity contribution in [2.24, 2.45) is 5.92 Å². The van der Waals surface area contributed by atoms with E-state index in [1.54, 1.807) is 0 Å². The molecule has 0 aliphatic heterocycles. The van der Waals surface area contributed by atoms with Crippen LogP contribution in [0.1, 0.15) is 20.3 Å². The topological polar surface area (TPSA) is 118 Å². The van der Waals surface area contributed by atoms with Crippen LogP contribution < -0.4 is 5.32 Å². The zero-order chi connectivity index (χ0) is 15.6. The van der Waals surface area contributed by atoms with Crippen molar-refractivity contribution in [2.45, 2.75) is 26.3 Å². The number of carboxylic acid groups (broad SMARTS) is 1. The Bertz CT molecular complexity index is 687. The monoisotopic (exact) mass is 310 g/mol. The molecule has 2 heterocycles. The average Bonchev–Trinajstić information content (AvgIpc) is 2.88. The van der Waals surface area contributed by atoms with Gasteiger partial charge in [0.1, 0.15) is 23.0 Å². The van der Waals surface area contributed by atoms with Gasteiger partial charge in [-0.3, -0.25) is 10.1 Å². The summed E-state index contributed by atoms with van der Waals surface area (Å²) in [6, 6.07) is 0.546. The molecule has 0 amide bonds. The molecule has 0 saturated carbocycles. The van der Waals surface area contributed by atoms with Gasteiger partial charge >= 0.3 is 11.0 Å². The zero-order valence-corrected chi connectivity index (χ0v) is 12.3. The van der Waals surface area contributed by atoms with Crippen molar-refractivity contribution >= 4 is 38.3 Å². The average molecular weight is 310 g/mol. The molecule has 2 N–H and O–H groups in total. The normalized spacial score (nSPS) is 13.8. The number of aromatic nitrogens is 2. The molecule has 21 heavy (non-hydrogen) atoms. The fourth-order valence-electron chi connectivity index (χ4n) is 1.88. The minimum atomic E-state index is -0.985. The summed E-state index contributed by atoms with van der Waals surface area (Å²) in [5.74, 6) is -0.793. The molecule has 2 atom stereocenters. The molecule has 0 bridgehead atoms. The third-order valence-corrected chi connectivity index (χ3v) is 4.26. The molecule has 0 aliphatic carbocycles. The second-order valence-electron chi connectivity index (χ2n) is 4.63. The SMILES string of the molecule is CC[C@H](C)[C@H](Nc1ncnc2sc([N+](=O)[O-])cc12)C(=O)O. The van der Waals surface area contributed by atoms with Crippen molar-refractivity contribution in [3.63, 3.8) is 0 Å². The van der Waals surface area contributed by atoms with Crippen molar-refractivity contribution in [3.05, 3.63) is 22.5 Å². The number of rotatable bonds is 6. The Morgan fingerprint density at radius 3 is 2.86 bits per heavy atom. The zero-order valence-electron chi connectivity index (χ0n) is 11.4. The minimum absolute atomic E-state index is 0.0519. The van der Waals surface area contributed by atoms with Crippen LogP contribution in [0.5, 0.6) is 0 Å². The quantitative estimate of drug-likeness (QED) is 0.621. The molecule has 0 fully saturated rings. The Balaban J connectivity index is 2.41. The van der Waals surface area contributed by atoms with Gasteiger partial charge in [-0.2, -0.15) is 0 Å². The highest BCUT2D eigenvalue weighted by molar-refractivity contribution is 7.21. The van der Waals surface area contributed by atoms with Crippen LogP contribution in [0.4, 0.5) is 10.8 Å². The molecule has 2 aromatic rings. The molecule has 8 nitrogen and oxygen atoms in total. The first-order valence-corrected chi connectivity index (χ1v) is 7.14. The van der Waals surface area contributed by atoms with Crippen LogP contribution in [-0.2, 0) is 4.79 Å². The molecule has 0 aromatic carbocycles. The van der Waals surface area contributed by atoms with Crippen molar-refractivity contribution in [2.75, 3.05) is 5.32 Å². The van der Waals surface area contributed by atoms with E-state index in [-0.39, 0.29) is 10.9 Å². The number of nitrogens with zero attached hydrogens (tertiary/aromatic N) is 3. The third kappa shape index (κ3) is 3.07. The number of carbonyl (C=O) groups is 1. The fraction of sp³-hybridized carbons (Fsp3) is 0.417. The van der Waals surface area contributed by atoms with Crippen LogP contribution >= 0.6 is 11.3 Å². The molecule has 9 heteroatoms. The molecule has 0 saturated heterocycles. The van der Waals surface area contributed by atoms with E-state index in [2.05, 4.69) is 15.3 Å². The predicted molar refractivity (Wildman–Crippen MR) is 78.6 cm³/mol. The van der Waals surface area contributed by atoms with Crippen molar-refractivity contribution in [1.82, 2.24) is 9.97 Å².